The molecule has 0 radical (unpaired) electrons. The van der Waals surface area contributed by atoms with E-state index in [1.807, 2.05) is 18.2 Å². The van der Waals surface area contributed by atoms with Crippen LogP contribution in [-0.4, -0.2) is 5.11 Å². The summed E-state index contributed by atoms with van der Waals surface area (Å²) in [6.45, 7) is 0.507. The quantitative estimate of drug-likeness (QED) is 0.299. The van der Waals surface area contributed by atoms with Gasteiger partial charge < -0.3 is 5.32 Å². The van der Waals surface area contributed by atoms with Crippen LogP contribution >= 0.6 is 23.8 Å². The van der Waals surface area contributed by atoms with Crippen molar-refractivity contribution in [3.8, 4) is 6.19 Å². The van der Waals surface area contributed by atoms with Crippen molar-refractivity contribution in [2.24, 2.45) is 0 Å². The first-order valence-corrected chi connectivity index (χ1v) is 4.69. The first-order chi connectivity index (χ1) is 6.74. The third-order valence-electron chi connectivity index (χ3n) is 1.57. The maximum atomic E-state index is 8.27. The van der Waals surface area contributed by atoms with Crippen molar-refractivity contribution in [1.82, 2.24) is 10.6 Å². The molecule has 6 heteroatoms. The van der Waals surface area contributed by atoms with Crippen molar-refractivity contribution in [3.05, 3.63) is 34.9 Å². The van der Waals surface area contributed by atoms with E-state index in [1.165, 1.54) is 0 Å². The summed E-state index contributed by atoms with van der Waals surface area (Å²) in [5, 5.41) is 14.4. The van der Waals surface area contributed by atoms with Gasteiger partial charge in [-0.2, -0.15) is 5.26 Å². The smallest absolute Gasteiger partial charge is 0.358 e. The molecule has 3 nitrogen and oxygen atoms in total. The number of hydrogen-bond donors (Lipinski definition) is 2. The van der Waals surface area contributed by atoms with E-state index in [0.717, 1.165) is 5.56 Å². The van der Waals surface area contributed by atoms with Gasteiger partial charge in [0.05, 0.1) is 0 Å². The third kappa shape index (κ3) is 5.36. The molecule has 0 fully saturated rings. The second kappa shape index (κ2) is 7.91. The van der Waals surface area contributed by atoms with Crippen LogP contribution in [0.25, 0.3) is 0 Å². The van der Waals surface area contributed by atoms with Gasteiger partial charge in [0.1, 0.15) is 0 Å². The second-order valence-corrected chi connectivity index (χ2v) is 3.33. The number of nitrogens with zero attached hydrogens (tertiary/aromatic N) is 1. The molecule has 0 amide bonds. The predicted octanol–water partition coefficient (Wildman–Crippen LogP) is -1.21. The fraction of sp³-hybridized carbons (Fsp3) is 0.111. The Balaban J connectivity index is 0.00000196. The number of nitrogens with one attached hydrogen (secondary N) is 2. The SMILES string of the molecule is N#CNC(=S)NCc1ccccc1Cl.[Na+]. The standard InChI is InChI=1S/C9H8ClN3S.Na/c10-8-4-2-1-3-7(8)5-12-9(14)13-6-11;/h1-4H,5H2,(H2,12,13,14);/q;+1. The van der Waals surface area contributed by atoms with Gasteiger partial charge in [-0.25, -0.2) is 0 Å². The molecular weight excluding hydrogens is 241 g/mol. The molecule has 15 heavy (non-hydrogen) atoms. The molecule has 1 rings (SSSR count). The van der Waals surface area contributed by atoms with Crippen molar-refractivity contribution < 1.29 is 29.6 Å². The van der Waals surface area contributed by atoms with Gasteiger partial charge in [0.25, 0.3) is 0 Å². The number of thiocarbonyl (C=S) groups is 1. The summed E-state index contributed by atoms with van der Waals surface area (Å²) in [4.78, 5) is 0. The molecule has 1 aromatic carbocycles. The monoisotopic (exact) mass is 248 g/mol. The molecule has 72 valence electrons. The maximum Gasteiger partial charge on any atom is 1.00 e. The molecule has 0 aromatic heterocycles. The summed E-state index contributed by atoms with van der Waals surface area (Å²) < 4.78 is 0. The van der Waals surface area contributed by atoms with Gasteiger partial charge in [-0.15, -0.1) is 0 Å². The molecular formula is C9H8ClN3NaS+. The number of hydrogen-bond acceptors (Lipinski definition) is 2. The summed E-state index contributed by atoms with van der Waals surface area (Å²) in [5.74, 6) is 0. The summed E-state index contributed by atoms with van der Waals surface area (Å²) >= 11 is 10.7. The van der Waals surface area contributed by atoms with Gasteiger partial charge in [0, 0.05) is 11.6 Å². The minimum Gasteiger partial charge on any atom is -0.358 e. The molecule has 1 aromatic rings. The van der Waals surface area contributed by atoms with Crippen molar-refractivity contribution in [2.75, 3.05) is 0 Å². The normalized spacial score (nSPS) is 8.27. The van der Waals surface area contributed by atoms with Crippen LogP contribution in [0.3, 0.4) is 0 Å². The molecule has 0 bridgehead atoms. The summed E-state index contributed by atoms with van der Waals surface area (Å²) in [5.41, 5.74) is 0.941. The zero-order valence-electron chi connectivity index (χ0n) is 8.25. The molecule has 0 atom stereocenters. The van der Waals surface area contributed by atoms with Crippen LogP contribution in [-0.2, 0) is 6.54 Å². The average Bonchev–Trinajstić information content (AvgIpc) is 2.17. The van der Waals surface area contributed by atoms with Crippen molar-refractivity contribution in [3.63, 3.8) is 0 Å². The van der Waals surface area contributed by atoms with Crippen LogP contribution < -0.4 is 40.2 Å². The number of nitriles is 1. The fourth-order valence-electron chi connectivity index (χ4n) is 0.912. The Morgan fingerprint density at radius 2 is 2.13 bits per heavy atom. The van der Waals surface area contributed by atoms with Gasteiger partial charge in [-0.1, -0.05) is 29.8 Å². The minimum atomic E-state index is 0. The summed E-state index contributed by atoms with van der Waals surface area (Å²) in [6, 6.07) is 7.45. The Kier molecular flexibility index (Phi) is 7.75. The Morgan fingerprint density at radius 1 is 1.47 bits per heavy atom. The number of benzene rings is 1. The van der Waals surface area contributed by atoms with Crippen LogP contribution in [0.5, 0.6) is 0 Å². The van der Waals surface area contributed by atoms with Crippen LogP contribution in [0.15, 0.2) is 24.3 Å². The zero-order valence-corrected chi connectivity index (χ0v) is 11.8. The fourth-order valence-corrected chi connectivity index (χ4v) is 1.23. The minimum absolute atomic E-state index is 0. The predicted molar refractivity (Wildman–Crippen MR) is 59.6 cm³/mol. The van der Waals surface area contributed by atoms with E-state index in [9.17, 15) is 0 Å². The molecule has 0 heterocycles. The Bertz CT molecular complexity index is 378. The molecule has 0 saturated heterocycles. The topological polar surface area (TPSA) is 47.9 Å². The molecule has 0 aliphatic carbocycles. The van der Waals surface area contributed by atoms with E-state index in [4.69, 9.17) is 29.1 Å². The summed E-state index contributed by atoms with van der Waals surface area (Å²) in [7, 11) is 0. The maximum absolute atomic E-state index is 8.27. The van der Waals surface area contributed by atoms with Crippen LogP contribution in [0, 0.1) is 11.5 Å². The van der Waals surface area contributed by atoms with E-state index < -0.39 is 0 Å². The van der Waals surface area contributed by atoms with Gasteiger partial charge in [-0.05, 0) is 23.8 Å². The van der Waals surface area contributed by atoms with E-state index >= 15 is 0 Å². The first-order valence-electron chi connectivity index (χ1n) is 3.90. The van der Waals surface area contributed by atoms with Gasteiger partial charge in [0.15, 0.2) is 11.3 Å². The van der Waals surface area contributed by atoms with Gasteiger partial charge in [0.2, 0.25) is 0 Å². The molecule has 2 N–H and O–H groups in total. The largest absolute Gasteiger partial charge is 1.00 e. The molecule has 0 spiro atoms. The van der Waals surface area contributed by atoms with Crippen molar-refractivity contribution in [1.29, 1.82) is 5.26 Å². The second-order valence-electron chi connectivity index (χ2n) is 2.51. The van der Waals surface area contributed by atoms with Crippen molar-refractivity contribution >= 4 is 28.9 Å². The van der Waals surface area contributed by atoms with E-state index in [-0.39, 0.29) is 29.6 Å². The van der Waals surface area contributed by atoms with Gasteiger partial charge >= 0.3 is 29.6 Å². The average molecular weight is 249 g/mol. The van der Waals surface area contributed by atoms with E-state index in [0.29, 0.717) is 16.7 Å². The molecule has 0 aliphatic rings. The third-order valence-corrected chi connectivity index (χ3v) is 2.18. The van der Waals surface area contributed by atoms with E-state index in [1.54, 1.807) is 12.3 Å². The van der Waals surface area contributed by atoms with Gasteiger partial charge in [-0.3, -0.25) is 5.32 Å². The number of halogens is 1. The molecule has 0 unspecified atom stereocenters. The van der Waals surface area contributed by atoms with Crippen molar-refractivity contribution in [2.45, 2.75) is 6.54 Å². The van der Waals surface area contributed by atoms with Crippen LogP contribution in [0.1, 0.15) is 5.56 Å². The zero-order chi connectivity index (χ0) is 10.4. The van der Waals surface area contributed by atoms with Crippen LogP contribution in [0.4, 0.5) is 0 Å². The number of rotatable bonds is 2. The molecule has 0 saturated carbocycles. The summed E-state index contributed by atoms with van der Waals surface area (Å²) in [6.07, 6.45) is 1.73. The Morgan fingerprint density at radius 3 is 2.73 bits per heavy atom. The van der Waals surface area contributed by atoms with Crippen LogP contribution in [0.2, 0.25) is 5.02 Å². The Labute approximate surface area is 121 Å². The Hall–Kier alpha value is -0.310. The first kappa shape index (κ1) is 14.7. The van der Waals surface area contributed by atoms with E-state index in [2.05, 4.69) is 10.6 Å². The molecule has 0 aliphatic heterocycles.